The summed E-state index contributed by atoms with van der Waals surface area (Å²) >= 11 is 0. The van der Waals surface area contributed by atoms with E-state index in [1.165, 1.54) is 24.3 Å². The number of hydrogen-bond acceptors (Lipinski definition) is 3. The van der Waals surface area contributed by atoms with E-state index in [-0.39, 0.29) is 5.56 Å². The fourth-order valence-corrected chi connectivity index (χ4v) is 1.05. The third-order valence-electron chi connectivity index (χ3n) is 1.72. The van der Waals surface area contributed by atoms with Crippen molar-refractivity contribution in [1.29, 1.82) is 5.26 Å². The van der Waals surface area contributed by atoms with Crippen molar-refractivity contribution in [3.8, 4) is 6.07 Å². The van der Waals surface area contributed by atoms with Crippen molar-refractivity contribution < 1.29 is 12.3 Å². The van der Waals surface area contributed by atoms with Gasteiger partial charge in [0.2, 0.25) is 0 Å². The normalized spacial score (nSPS) is 13.1. The average Bonchev–Trinajstić information content (AvgIpc) is 2.25. The van der Waals surface area contributed by atoms with Gasteiger partial charge in [0, 0.05) is 6.50 Å². The maximum atomic E-state index is 11.5. The minimum Gasteiger partial charge on any atom is -0.444 e. The molecule has 0 saturated carbocycles. The molecular weight excluding hydrogens is 216 g/mol. The number of rotatable bonds is 2. The highest BCUT2D eigenvalue weighted by Crippen LogP contribution is 2.07. The highest BCUT2D eigenvalue weighted by atomic mass is 16.6. The van der Waals surface area contributed by atoms with Gasteiger partial charge in [-0.25, -0.2) is 4.79 Å². The van der Waals surface area contributed by atoms with Crippen molar-refractivity contribution in [2.75, 3.05) is 0 Å². The molecule has 1 amide bonds. The van der Waals surface area contributed by atoms with Crippen LogP contribution in [0.15, 0.2) is 24.3 Å². The lowest BCUT2D eigenvalue weighted by Crippen LogP contribution is -2.32. The van der Waals surface area contributed by atoms with Gasteiger partial charge in [-0.1, -0.05) is 12.1 Å². The van der Waals surface area contributed by atoms with Gasteiger partial charge in [0.05, 0.1) is 14.4 Å². The molecule has 1 aromatic carbocycles. The summed E-state index contributed by atoms with van der Waals surface area (Å²) in [6.45, 7) is 3.04. The molecule has 1 aromatic rings. The van der Waals surface area contributed by atoms with Crippen LogP contribution in [-0.2, 0) is 11.2 Å². The van der Waals surface area contributed by atoms with Crippen molar-refractivity contribution in [3.05, 3.63) is 35.4 Å². The second-order valence-corrected chi connectivity index (χ2v) is 4.44. The van der Waals surface area contributed by atoms with Gasteiger partial charge in [0.1, 0.15) is 5.60 Å². The van der Waals surface area contributed by atoms with E-state index >= 15 is 0 Å². The minimum atomic E-state index is -2.06. The summed E-state index contributed by atoms with van der Waals surface area (Å²) in [5.41, 5.74) is -0.0145. The summed E-state index contributed by atoms with van der Waals surface area (Å²) in [4.78, 5) is 11.5. The summed E-state index contributed by atoms with van der Waals surface area (Å²) in [6, 6.07) is 7.83. The molecule has 0 aliphatic carbocycles. The smallest absolute Gasteiger partial charge is 0.407 e. The summed E-state index contributed by atoms with van der Waals surface area (Å²) < 4.78 is 20.6. The van der Waals surface area contributed by atoms with Crippen LogP contribution in [0.4, 0.5) is 4.79 Å². The standard InChI is InChI=1S/C13H16N2O2/c1-13(2,3)17-12(16)15-9-11-6-4-10(8-14)5-7-11/h4-7H,9H2,1-3H3,(H,15,16)/i9D2. The number of alkyl carbamates (subject to hydrolysis) is 1. The number of hydrogen-bond donors (Lipinski definition) is 1. The van der Waals surface area contributed by atoms with E-state index in [9.17, 15) is 4.79 Å². The number of benzene rings is 1. The Kier molecular flexibility index (Phi) is 3.20. The fraction of sp³-hybridized carbons (Fsp3) is 0.385. The second-order valence-electron chi connectivity index (χ2n) is 4.44. The Labute approximate surface area is 104 Å². The third-order valence-corrected chi connectivity index (χ3v) is 1.72. The Morgan fingerprint density at radius 1 is 1.47 bits per heavy atom. The zero-order valence-corrected chi connectivity index (χ0v) is 10.1. The zero-order valence-electron chi connectivity index (χ0n) is 12.1. The SMILES string of the molecule is [2H]C([2H])(NC(=O)OC(C)(C)C)c1ccc(C#N)cc1. The fourth-order valence-electron chi connectivity index (χ4n) is 1.05. The Bertz CT molecular complexity index is 499. The van der Waals surface area contributed by atoms with E-state index < -0.39 is 18.2 Å². The van der Waals surface area contributed by atoms with Crippen LogP contribution in [0.25, 0.3) is 0 Å². The second kappa shape index (κ2) is 5.35. The number of carbonyl (C=O) groups excluding carboxylic acids is 1. The maximum Gasteiger partial charge on any atom is 0.407 e. The monoisotopic (exact) mass is 234 g/mol. The van der Waals surface area contributed by atoms with Gasteiger partial charge >= 0.3 is 6.09 Å². The van der Waals surface area contributed by atoms with Crippen molar-refractivity contribution in [3.63, 3.8) is 0 Å². The van der Waals surface area contributed by atoms with E-state index in [0.29, 0.717) is 5.56 Å². The minimum absolute atomic E-state index is 0.248. The first-order valence-corrected chi connectivity index (χ1v) is 5.16. The molecule has 4 heteroatoms. The predicted octanol–water partition coefficient (Wildman–Crippen LogP) is 2.58. The summed E-state index contributed by atoms with van der Waals surface area (Å²) in [5, 5.41) is 10.8. The molecule has 1 N–H and O–H groups in total. The molecule has 0 aliphatic heterocycles. The molecular formula is C13H16N2O2. The summed E-state index contributed by atoms with van der Waals surface area (Å²) in [7, 11) is 0. The molecule has 0 saturated heterocycles. The van der Waals surface area contributed by atoms with Gasteiger partial charge in [-0.05, 0) is 38.5 Å². The predicted molar refractivity (Wildman–Crippen MR) is 64.2 cm³/mol. The van der Waals surface area contributed by atoms with E-state index in [4.69, 9.17) is 12.7 Å². The van der Waals surface area contributed by atoms with Gasteiger partial charge in [-0.2, -0.15) is 5.26 Å². The summed E-state index contributed by atoms with van der Waals surface area (Å²) in [6.07, 6.45) is -0.832. The zero-order chi connectivity index (χ0) is 14.7. The third kappa shape index (κ3) is 5.03. The van der Waals surface area contributed by atoms with Gasteiger partial charge in [0.15, 0.2) is 0 Å². The lowest BCUT2D eigenvalue weighted by atomic mass is 10.1. The lowest BCUT2D eigenvalue weighted by molar-refractivity contribution is 0.0523. The molecule has 0 spiro atoms. The molecule has 0 atom stereocenters. The Morgan fingerprint density at radius 3 is 2.53 bits per heavy atom. The Hall–Kier alpha value is -2.02. The Morgan fingerprint density at radius 2 is 2.06 bits per heavy atom. The number of nitrogens with zero attached hydrogens (tertiary/aromatic N) is 1. The van der Waals surface area contributed by atoms with Crippen LogP contribution in [0.2, 0.25) is 0 Å². The lowest BCUT2D eigenvalue weighted by Gasteiger charge is -2.19. The van der Waals surface area contributed by atoms with Gasteiger partial charge in [-0.15, -0.1) is 0 Å². The molecule has 0 bridgehead atoms. The first kappa shape index (κ1) is 10.2. The Balaban J connectivity index is 2.80. The first-order chi connectivity index (χ1) is 8.64. The molecule has 90 valence electrons. The molecule has 0 radical (unpaired) electrons. The van der Waals surface area contributed by atoms with Crippen LogP contribution in [-0.4, -0.2) is 11.7 Å². The van der Waals surface area contributed by atoms with Crippen LogP contribution >= 0.6 is 0 Å². The maximum absolute atomic E-state index is 11.5. The molecule has 17 heavy (non-hydrogen) atoms. The highest BCUT2D eigenvalue weighted by Gasteiger charge is 2.15. The quantitative estimate of drug-likeness (QED) is 0.855. The molecule has 0 heterocycles. The van der Waals surface area contributed by atoms with Crippen LogP contribution in [0, 0.1) is 11.3 Å². The van der Waals surface area contributed by atoms with Crippen LogP contribution in [0.3, 0.4) is 0 Å². The number of nitriles is 1. The van der Waals surface area contributed by atoms with Crippen molar-refractivity contribution in [2.45, 2.75) is 32.9 Å². The summed E-state index contributed by atoms with van der Waals surface area (Å²) in [5.74, 6) is 0. The van der Waals surface area contributed by atoms with E-state index in [1.807, 2.05) is 6.07 Å². The van der Waals surface area contributed by atoms with Gasteiger partial charge < -0.3 is 10.1 Å². The van der Waals surface area contributed by atoms with Crippen LogP contribution in [0.1, 0.15) is 34.6 Å². The molecule has 0 aliphatic rings. The topological polar surface area (TPSA) is 62.1 Å². The molecule has 0 unspecified atom stereocenters. The van der Waals surface area contributed by atoms with Crippen molar-refractivity contribution in [2.24, 2.45) is 0 Å². The van der Waals surface area contributed by atoms with Gasteiger partial charge in [0.25, 0.3) is 0 Å². The number of amides is 1. The molecule has 0 fully saturated rings. The van der Waals surface area contributed by atoms with E-state index in [2.05, 4.69) is 5.32 Å². The molecule has 1 rings (SSSR count). The number of carbonyl (C=O) groups is 1. The number of ether oxygens (including phenoxy) is 1. The van der Waals surface area contributed by atoms with Crippen molar-refractivity contribution >= 4 is 6.09 Å². The largest absolute Gasteiger partial charge is 0.444 e. The number of nitrogens with one attached hydrogen (secondary N) is 1. The van der Waals surface area contributed by atoms with Gasteiger partial charge in [-0.3, -0.25) is 0 Å². The van der Waals surface area contributed by atoms with E-state index in [1.54, 1.807) is 20.8 Å². The van der Waals surface area contributed by atoms with Crippen molar-refractivity contribution in [1.82, 2.24) is 5.32 Å². The highest BCUT2D eigenvalue weighted by molar-refractivity contribution is 5.67. The molecule has 4 nitrogen and oxygen atoms in total. The van der Waals surface area contributed by atoms with Crippen LogP contribution < -0.4 is 5.32 Å². The van der Waals surface area contributed by atoms with E-state index in [0.717, 1.165) is 0 Å². The first-order valence-electron chi connectivity index (χ1n) is 6.16. The average molecular weight is 234 g/mol. The molecule has 0 aromatic heterocycles. The van der Waals surface area contributed by atoms with Crippen LogP contribution in [0.5, 0.6) is 0 Å².